The third-order valence-corrected chi connectivity index (χ3v) is 0.303. The molecule has 0 unspecified atom stereocenters. The maximum Gasteiger partial charge on any atom is 1.00 e. The fourth-order valence-electron chi connectivity index (χ4n) is 0.136. The van der Waals surface area contributed by atoms with Crippen molar-refractivity contribution < 1.29 is 39.5 Å². The summed E-state index contributed by atoms with van der Waals surface area (Å²) in [4.78, 5) is 9.40. The van der Waals surface area contributed by atoms with E-state index in [0.717, 1.165) is 6.08 Å². The second-order valence-corrected chi connectivity index (χ2v) is 0.819. The summed E-state index contributed by atoms with van der Waals surface area (Å²) in [5, 5.41) is 9.40. The summed E-state index contributed by atoms with van der Waals surface area (Å²) in [6, 6.07) is 0. The van der Waals surface area contributed by atoms with E-state index in [1.807, 2.05) is 0 Å². The van der Waals surface area contributed by atoms with Crippen LogP contribution >= 0.6 is 17.0 Å². The molecule has 42 valence electrons. The van der Waals surface area contributed by atoms with Crippen molar-refractivity contribution in [3.8, 4) is 0 Å². The molecule has 8 heavy (non-hydrogen) atoms. The van der Waals surface area contributed by atoms with Gasteiger partial charge in [-0.3, -0.25) is 0 Å². The van der Waals surface area contributed by atoms with Gasteiger partial charge in [0, 0.05) is 0 Å². The minimum atomic E-state index is -1.14. The average molecular weight is 189 g/mol. The summed E-state index contributed by atoms with van der Waals surface area (Å²) in [5.41, 5.74) is 0. The van der Waals surface area contributed by atoms with Crippen LogP contribution in [0.3, 0.4) is 0 Å². The van der Waals surface area contributed by atoms with Crippen LogP contribution in [0.2, 0.25) is 0 Å². The van der Waals surface area contributed by atoms with E-state index < -0.39 is 5.97 Å². The molecule has 2 nitrogen and oxygen atoms in total. The standard InChI is InChI=1S/C4H6O2.BrH.Na/c1-2-3-4(5)6;;/h2-3H,1H3,(H,5,6);1H;/q;;+1/p-1/b3-2-;;. The van der Waals surface area contributed by atoms with Crippen molar-refractivity contribution in [2.24, 2.45) is 0 Å². The number of carbonyl (C=O) groups excluding carboxylic acids is 1. The summed E-state index contributed by atoms with van der Waals surface area (Å²) >= 11 is 0. The van der Waals surface area contributed by atoms with Crippen LogP contribution in [0.25, 0.3) is 0 Å². The smallest absolute Gasteiger partial charge is 0.545 e. The Bertz CT molecular complexity index is 82.1. The molecule has 4 heteroatoms. The largest absolute Gasteiger partial charge is 1.00 e. The van der Waals surface area contributed by atoms with Gasteiger partial charge < -0.3 is 9.90 Å². The zero-order valence-corrected chi connectivity index (χ0v) is 8.59. The Labute approximate surface area is 81.0 Å². The molecular weight excluding hydrogens is 183 g/mol. The van der Waals surface area contributed by atoms with Crippen LogP contribution in [0.4, 0.5) is 0 Å². The van der Waals surface area contributed by atoms with Crippen molar-refractivity contribution in [2.45, 2.75) is 6.92 Å². The number of carboxylic acids is 1. The molecule has 0 aliphatic heterocycles. The van der Waals surface area contributed by atoms with Gasteiger partial charge in [0.2, 0.25) is 0 Å². The normalized spacial score (nSPS) is 7.12. The molecule has 0 atom stereocenters. The molecule has 0 aromatic rings. The zero-order valence-electron chi connectivity index (χ0n) is 4.88. The Morgan fingerprint density at radius 2 is 2.00 bits per heavy atom. The van der Waals surface area contributed by atoms with Crippen molar-refractivity contribution in [3.63, 3.8) is 0 Å². The molecule has 0 spiro atoms. The third-order valence-electron chi connectivity index (χ3n) is 0.303. The zero-order chi connectivity index (χ0) is 4.99. The molecule has 0 radical (unpaired) electrons. The molecule has 0 bridgehead atoms. The first kappa shape index (κ1) is 15.9. The van der Waals surface area contributed by atoms with Gasteiger partial charge in [-0.25, -0.2) is 0 Å². The van der Waals surface area contributed by atoms with E-state index in [9.17, 15) is 9.90 Å². The van der Waals surface area contributed by atoms with Gasteiger partial charge in [0.15, 0.2) is 0 Å². The van der Waals surface area contributed by atoms with E-state index in [1.165, 1.54) is 6.08 Å². The molecule has 0 fully saturated rings. The van der Waals surface area contributed by atoms with Gasteiger partial charge in [-0.05, 0) is 13.0 Å². The van der Waals surface area contributed by atoms with Crippen LogP contribution in [-0.4, -0.2) is 5.97 Å². The number of aliphatic carboxylic acids is 1. The van der Waals surface area contributed by atoms with Crippen molar-refractivity contribution in [1.82, 2.24) is 0 Å². The summed E-state index contributed by atoms with van der Waals surface area (Å²) in [5.74, 6) is -1.14. The van der Waals surface area contributed by atoms with E-state index in [2.05, 4.69) is 0 Å². The Morgan fingerprint density at radius 3 is 2.00 bits per heavy atom. The topological polar surface area (TPSA) is 40.1 Å². The van der Waals surface area contributed by atoms with E-state index >= 15 is 0 Å². The van der Waals surface area contributed by atoms with E-state index in [-0.39, 0.29) is 46.5 Å². The van der Waals surface area contributed by atoms with Gasteiger partial charge in [0.05, 0.1) is 5.97 Å². The predicted octanol–water partition coefficient (Wildman–Crippen LogP) is -3.11. The van der Waals surface area contributed by atoms with Crippen molar-refractivity contribution in [3.05, 3.63) is 12.2 Å². The van der Waals surface area contributed by atoms with Gasteiger partial charge in [-0.15, -0.1) is 17.0 Å². The third kappa shape index (κ3) is 15.9. The second-order valence-electron chi connectivity index (χ2n) is 0.819. The Kier molecular flexibility index (Phi) is 21.1. The molecule has 0 rings (SSSR count). The minimum absolute atomic E-state index is 0. The van der Waals surface area contributed by atoms with Gasteiger partial charge in [-0.1, -0.05) is 6.08 Å². The molecule has 0 aromatic heterocycles. The summed E-state index contributed by atoms with van der Waals surface area (Å²) in [7, 11) is 0. The molecule has 0 aliphatic rings. The van der Waals surface area contributed by atoms with E-state index in [4.69, 9.17) is 0 Å². The Hall–Kier alpha value is 0.690. The molecule has 0 saturated carbocycles. The van der Waals surface area contributed by atoms with Crippen LogP contribution < -0.4 is 34.7 Å². The first-order chi connectivity index (χ1) is 2.77. The molecule has 0 amide bonds. The van der Waals surface area contributed by atoms with Crippen molar-refractivity contribution >= 4 is 23.0 Å². The monoisotopic (exact) mass is 188 g/mol. The van der Waals surface area contributed by atoms with Crippen LogP contribution in [0.15, 0.2) is 12.2 Å². The number of rotatable bonds is 1. The van der Waals surface area contributed by atoms with Crippen molar-refractivity contribution in [2.75, 3.05) is 0 Å². The number of hydrogen-bond acceptors (Lipinski definition) is 2. The SMILES string of the molecule is Br.C/C=C\C(=O)[O-].[Na+]. The van der Waals surface area contributed by atoms with Gasteiger partial charge in [0.1, 0.15) is 0 Å². The number of carbonyl (C=O) groups is 1. The predicted molar refractivity (Wildman–Crippen MR) is 30.1 cm³/mol. The number of hydrogen-bond donors (Lipinski definition) is 0. The van der Waals surface area contributed by atoms with Gasteiger partial charge >= 0.3 is 29.6 Å². The minimum Gasteiger partial charge on any atom is -0.545 e. The first-order valence-corrected chi connectivity index (χ1v) is 1.61. The van der Waals surface area contributed by atoms with Crippen LogP contribution in [-0.2, 0) is 4.79 Å². The molecule has 0 aliphatic carbocycles. The maximum absolute atomic E-state index is 9.40. The fraction of sp³-hybridized carbons (Fsp3) is 0.250. The van der Waals surface area contributed by atoms with Gasteiger partial charge in [-0.2, -0.15) is 0 Å². The number of allylic oxidation sites excluding steroid dienone is 1. The van der Waals surface area contributed by atoms with E-state index in [1.54, 1.807) is 6.92 Å². The number of halogens is 1. The average Bonchev–Trinajstić information content (AvgIpc) is 1.35. The summed E-state index contributed by atoms with van der Waals surface area (Å²) in [6.07, 6.45) is 2.38. The van der Waals surface area contributed by atoms with Crippen molar-refractivity contribution in [1.29, 1.82) is 0 Å². The van der Waals surface area contributed by atoms with E-state index in [0.29, 0.717) is 0 Å². The Balaban J connectivity index is -0.000000125. The second kappa shape index (κ2) is 10.6. The molecule has 0 heterocycles. The first-order valence-electron chi connectivity index (χ1n) is 1.61. The summed E-state index contributed by atoms with van der Waals surface area (Å²) < 4.78 is 0. The fourth-order valence-corrected chi connectivity index (χ4v) is 0.136. The quantitative estimate of drug-likeness (QED) is 0.323. The van der Waals surface area contributed by atoms with Gasteiger partial charge in [0.25, 0.3) is 0 Å². The van der Waals surface area contributed by atoms with Crippen LogP contribution in [0.1, 0.15) is 6.92 Å². The number of carboxylic acid groups (broad SMARTS) is 1. The molecule has 0 aromatic carbocycles. The molecule has 0 N–H and O–H groups in total. The van der Waals surface area contributed by atoms with Crippen LogP contribution in [0.5, 0.6) is 0 Å². The molecular formula is C4H6BrNaO2. The Morgan fingerprint density at radius 1 is 1.62 bits per heavy atom. The maximum atomic E-state index is 9.40. The molecule has 0 saturated heterocycles. The van der Waals surface area contributed by atoms with Crippen LogP contribution in [0, 0.1) is 0 Å². The summed E-state index contributed by atoms with van der Waals surface area (Å²) in [6.45, 7) is 1.62.